The van der Waals surface area contributed by atoms with Crippen LogP contribution in [0, 0.1) is 6.92 Å². The van der Waals surface area contributed by atoms with Gasteiger partial charge in [-0.3, -0.25) is 19.4 Å². The van der Waals surface area contributed by atoms with Gasteiger partial charge in [0.1, 0.15) is 0 Å². The number of aliphatic carboxylic acids is 1. The molecule has 6 nitrogen and oxygen atoms in total. The molecule has 1 aliphatic heterocycles. The first-order valence-electron chi connectivity index (χ1n) is 8.05. The minimum atomic E-state index is -0.811. The van der Waals surface area contributed by atoms with Gasteiger partial charge in [-0.1, -0.05) is 17.7 Å². The Hall–Kier alpha value is -1.63. The zero-order valence-electron chi connectivity index (χ0n) is 14.1. The summed E-state index contributed by atoms with van der Waals surface area (Å²) in [7, 11) is 1.83. The molecule has 0 aromatic heterocycles. The second-order valence-electron chi connectivity index (χ2n) is 6.35. The Morgan fingerprint density at radius 3 is 2.62 bits per heavy atom. The standard InChI is InChI=1S/C17H24ClN3O3/c1-12-3-4-15(14(18)9-12)19-16(22)10-21-7-5-13(6-8-21)20(2)11-17(23)24/h3-4,9,13H,5-8,10-11H2,1-2H3,(H,19,22)(H,23,24). The van der Waals surface area contributed by atoms with Gasteiger partial charge < -0.3 is 10.4 Å². The van der Waals surface area contributed by atoms with Crippen LogP contribution in [-0.2, 0) is 9.59 Å². The second kappa shape index (κ2) is 8.46. The monoisotopic (exact) mass is 353 g/mol. The molecule has 2 N–H and O–H groups in total. The Balaban J connectivity index is 1.79. The van der Waals surface area contributed by atoms with Gasteiger partial charge in [-0.15, -0.1) is 0 Å². The number of hydrogen-bond acceptors (Lipinski definition) is 4. The average Bonchev–Trinajstić information content (AvgIpc) is 2.50. The van der Waals surface area contributed by atoms with Crippen LogP contribution in [0.3, 0.4) is 0 Å². The molecule has 1 aliphatic rings. The number of nitrogens with zero attached hydrogens (tertiary/aromatic N) is 2. The summed E-state index contributed by atoms with van der Waals surface area (Å²) in [6.45, 7) is 3.88. The maximum absolute atomic E-state index is 12.2. The lowest BCUT2D eigenvalue weighted by atomic mass is 10.0. The molecule has 1 saturated heterocycles. The molecule has 0 radical (unpaired) electrons. The molecule has 0 saturated carbocycles. The topological polar surface area (TPSA) is 72.9 Å². The Morgan fingerprint density at radius 1 is 1.38 bits per heavy atom. The first kappa shape index (κ1) is 18.7. The average molecular weight is 354 g/mol. The van der Waals surface area contributed by atoms with Crippen molar-refractivity contribution in [2.45, 2.75) is 25.8 Å². The van der Waals surface area contributed by atoms with E-state index in [0.29, 0.717) is 17.3 Å². The molecule has 1 aromatic carbocycles. The quantitative estimate of drug-likeness (QED) is 0.819. The Bertz CT molecular complexity index is 601. The molecule has 2 rings (SSSR count). The van der Waals surface area contributed by atoms with Crippen molar-refractivity contribution in [2.24, 2.45) is 0 Å². The number of amides is 1. The van der Waals surface area contributed by atoms with Crippen molar-refractivity contribution in [3.8, 4) is 0 Å². The van der Waals surface area contributed by atoms with E-state index in [4.69, 9.17) is 16.7 Å². The Kier molecular flexibility index (Phi) is 6.60. The third kappa shape index (κ3) is 5.47. The molecule has 132 valence electrons. The zero-order chi connectivity index (χ0) is 17.7. The van der Waals surface area contributed by atoms with E-state index in [1.165, 1.54) is 0 Å². The highest BCUT2D eigenvalue weighted by Crippen LogP contribution is 2.23. The van der Waals surface area contributed by atoms with Crippen molar-refractivity contribution < 1.29 is 14.7 Å². The van der Waals surface area contributed by atoms with E-state index < -0.39 is 5.97 Å². The van der Waals surface area contributed by atoms with Crippen LogP contribution in [0.4, 0.5) is 5.69 Å². The summed E-state index contributed by atoms with van der Waals surface area (Å²) in [6.07, 6.45) is 1.73. The number of likely N-dealkylation sites (tertiary alicyclic amines) is 1. The summed E-state index contributed by atoms with van der Waals surface area (Å²) in [6, 6.07) is 5.79. The molecule has 1 fully saturated rings. The number of piperidine rings is 1. The third-order valence-corrected chi connectivity index (χ3v) is 4.64. The summed E-state index contributed by atoms with van der Waals surface area (Å²) in [5.41, 5.74) is 1.67. The van der Waals surface area contributed by atoms with Crippen LogP contribution in [0.2, 0.25) is 5.02 Å². The molecule has 24 heavy (non-hydrogen) atoms. The van der Waals surface area contributed by atoms with Gasteiger partial charge in [0.15, 0.2) is 0 Å². The van der Waals surface area contributed by atoms with Crippen LogP contribution in [-0.4, -0.2) is 66.1 Å². The van der Waals surface area contributed by atoms with Crippen LogP contribution in [0.1, 0.15) is 18.4 Å². The lowest BCUT2D eigenvalue weighted by Gasteiger charge is -2.35. The van der Waals surface area contributed by atoms with Gasteiger partial charge in [0.25, 0.3) is 0 Å². The summed E-state index contributed by atoms with van der Waals surface area (Å²) in [5.74, 6) is -0.896. The van der Waals surface area contributed by atoms with Gasteiger partial charge in [-0.25, -0.2) is 0 Å². The van der Waals surface area contributed by atoms with E-state index in [1.54, 1.807) is 0 Å². The van der Waals surface area contributed by atoms with Crippen molar-refractivity contribution in [1.29, 1.82) is 0 Å². The van der Waals surface area contributed by atoms with Gasteiger partial charge >= 0.3 is 5.97 Å². The van der Waals surface area contributed by atoms with Crippen molar-refractivity contribution in [3.05, 3.63) is 28.8 Å². The van der Waals surface area contributed by atoms with E-state index in [0.717, 1.165) is 31.5 Å². The summed E-state index contributed by atoms with van der Waals surface area (Å²) < 4.78 is 0. The molecule has 0 aliphatic carbocycles. The molecule has 0 spiro atoms. The van der Waals surface area contributed by atoms with Gasteiger partial charge in [-0.05, 0) is 44.5 Å². The van der Waals surface area contributed by atoms with Gasteiger partial charge in [0.2, 0.25) is 5.91 Å². The number of carbonyl (C=O) groups is 2. The largest absolute Gasteiger partial charge is 0.480 e. The summed E-state index contributed by atoms with van der Waals surface area (Å²) in [4.78, 5) is 26.9. The van der Waals surface area contributed by atoms with Crippen LogP contribution in [0.5, 0.6) is 0 Å². The number of halogens is 1. The van der Waals surface area contributed by atoms with E-state index in [2.05, 4.69) is 10.2 Å². The molecule has 0 atom stereocenters. The van der Waals surface area contributed by atoms with E-state index >= 15 is 0 Å². The lowest BCUT2D eigenvalue weighted by molar-refractivity contribution is -0.138. The second-order valence-corrected chi connectivity index (χ2v) is 6.75. The number of rotatable bonds is 6. The molecule has 0 bridgehead atoms. The SMILES string of the molecule is Cc1ccc(NC(=O)CN2CCC(N(C)CC(=O)O)CC2)c(Cl)c1. The molecule has 1 amide bonds. The minimum absolute atomic E-state index is 0.0527. The normalized spacial score (nSPS) is 16.3. The molecular weight excluding hydrogens is 330 g/mol. The fourth-order valence-electron chi connectivity index (χ4n) is 2.98. The highest BCUT2D eigenvalue weighted by Gasteiger charge is 2.24. The van der Waals surface area contributed by atoms with E-state index in [9.17, 15) is 9.59 Å². The van der Waals surface area contributed by atoms with E-state index in [1.807, 2.05) is 37.1 Å². The first-order chi connectivity index (χ1) is 11.3. The predicted molar refractivity (Wildman–Crippen MR) is 94.5 cm³/mol. The van der Waals surface area contributed by atoms with E-state index in [-0.39, 0.29) is 18.5 Å². The fraction of sp³-hybridized carbons (Fsp3) is 0.529. The van der Waals surface area contributed by atoms with Crippen LogP contribution in [0.15, 0.2) is 18.2 Å². The van der Waals surface area contributed by atoms with Crippen molar-refractivity contribution >= 4 is 29.2 Å². The lowest BCUT2D eigenvalue weighted by Crippen LogP contribution is -2.46. The highest BCUT2D eigenvalue weighted by molar-refractivity contribution is 6.33. The number of likely N-dealkylation sites (N-methyl/N-ethyl adjacent to an activating group) is 1. The number of carboxylic acid groups (broad SMARTS) is 1. The fourth-order valence-corrected chi connectivity index (χ4v) is 3.26. The van der Waals surface area contributed by atoms with Crippen LogP contribution in [0.25, 0.3) is 0 Å². The number of benzene rings is 1. The van der Waals surface area contributed by atoms with Crippen LogP contribution >= 0.6 is 11.6 Å². The number of carbonyl (C=O) groups excluding carboxylic acids is 1. The number of carboxylic acids is 1. The smallest absolute Gasteiger partial charge is 0.317 e. The maximum atomic E-state index is 12.2. The number of nitrogens with one attached hydrogen (secondary N) is 1. The van der Waals surface area contributed by atoms with Gasteiger partial charge in [0, 0.05) is 19.1 Å². The molecule has 7 heteroatoms. The summed E-state index contributed by atoms with van der Waals surface area (Å²) >= 11 is 6.13. The zero-order valence-corrected chi connectivity index (χ0v) is 14.8. The molecular formula is C17H24ClN3O3. The van der Waals surface area contributed by atoms with Crippen molar-refractivity contribution in [3.63, 3.8) is 0 Å². The van der Waals surface area contributed by atoms with Gasteiger partial charge in [-0.2, -0.15) is 0 Å². The van der Waals surface area contributed by atoms with Crippen molar-refractivity contribution in [1.82, 2.24) is 9.80 Å². The molecule has 0 unspecified atom stereocenters. The molecule has 1 aromatic rings. The molecule has 1 heterocycles. The summed E-state index contributed by atoms with van der Waals surface area (Å²) in [5, 5.41) is 12.2. The minimum Gasteiger partial charge on any atom is -0.480 e. The first-order valence-corrected chi connectivity index (χ1v) is 8.43. The number of aryl methyl sites for hydroxylation is 1. The van der Waals surface area contributed by atoms with Gasteiger partial charge in [0.05, 0.1) is 23.8 Å². The van der Waals surface area contributed by atoms with Crippen LogP contribution < -0.4 is 5.32 Å². The predicted octanol–water partition coefficient (Wildman–Crippen LogP) is 2.07. The highest BCUT2D eigenvalue weighted by atomic mass is 35.5. The maximum Gasteiger partial charge on any atom is 0.317 e. The number of anilines is 1. The van der Waals surface area contributed by atoms with Crippen molar-refractivity contribution in [2.75, 3.05) is 38.5 Å². The third-order valence-electron chi connectivity index (χ3n) is 4.33. The Morgan fingerprint density at radius 2 is 2.04 bits per heavy atom. The number of hydrogen-bond donors (Lipinski definition) is 2. The Labute approximate surface area is 147 Å².